The molecule has 0 bridgehead atoms. The fourth-order valence-electron chi connectivity index (χ4n) is 4.52. The molecule has 0 fully saturated rings. The van der Waals surface area contributed by atoms with Crippen LogP contribution in [0.5, 0.6) is 0 Å². The molecule has 2 unspecified atom stereocenters. The molecule has 0 spiro atoms. The Labute approximate surface area is 167 Å². The summed E-state index contributed by atoms with van der Waals surface area (Å²) >= 11 is 3.96. The van der Waals surface area contributed by atoms with Crippen LogP contribution in [0.4, 0.5) is 0 Å². The molecule has 0 N–H and O–H groups in total. The third-order valence-electron chi connectivity index (χ3n) is 6.01. The van der Waals surface area contributed by atoms with Gasteiger partial charge >= 0.3 is 0 Å². The molecule has 2 heteroatoms. The van der Waals surface area contributed by atoms with Gasteiger partial charge in [0.05, 0.1) is 0 Å². The van der Waals surface area contributed by atoms with Crippen LogP contribution in [0.25, 0.3) is 20.2 Å². The first-order chi connectivity index (χ1) is 12.8. The fourth-order valence-corrected chi connectivity index (χ4v) is 6.62. The van der Waals surface area contributed by atoms with Crippen LogP contribution in [0, 0.1) is 0 Å². The second-order valence-electron chi connectivity index (χ2n) is 7.65. The zero-order chi connectivity index (χ0) is 18.5. The van der Waals surface area contributed by atoms with Gasteiger partial charge in [0.25, 0.3) is 0 Å². The quantitative estimate of drug-likeness (QED) is 0.325. The van der Waals surface area contributed by atoms with Crippen LogP contribution in [-0.2, 0) is 0 Å². The first-order valence-electron chi connectivity index (χ1n) is 10.7. The highest BCUT2D eigenvalue weighted by Crippen LogP contribution is 2.47. The number of hydrogen-bond donors (Lipinski definition) is 0. The average Bonchev–Trinajstić information content (AvgIpc) is 3.32. The Morgan fingerprint density at radius 2 is 1.12 bits per heavy atom. The van der Waals surface area contributed by atoms with Crippen LogP contribution in [0.15, 0.2) is 22.9 Å². The summed E-state index contributed by atoms with van der Waals surface area (Å²) in [7, 11) is 0. The van der Waals surface area contributed by atoms with Crippen molar-refractivity contribution in [2.24, 2.45) is 0 Å². The SMILES string of the molecule is CCCCC(CC)c1c2ccsc2c(C(CC)CCCC)c2ccsc12. The third kappa shape index (κ3) is 3.73. The highest BCUT2D eigenvalue weighted by molar-refractivity contribution is 7.19. The molecule has 3 aromatic rings. The van der Waals surface area contributed by atoms with Crippen molar-refractivity contribution in [3.8, 4) is 0 Å². The van der Waals surface area contributed by atoms with Crippen LogP contribution in [0.1, 0.15) is 102 Å². The lowest BCUT2D eigenvalue weighted by atomic mass is 9.83. The van der Waals surface area contributed by atoms with E-state index < -0.39 is 0 Å². The predicted octanol–water partition coefficient (Wildman–Crippen LogP) is 9.48. The summed E-state index contributed by atoms with van der Waals surface area (Å²) < 4.78 is 3.17. The molecule has 0 saturated heterocycles. The Balaban J connectivity index is 2.21. The van der Waals surface area contributed by atoms with Crippen molar-refractivity contribution in [1.82, 2.24) is 0 Å². The van der Waals surface area contributed by atoms with Gasteiger partial charge in [0.1, 0.15) is 0 Å². The Kier molecular flexibility index (Phi) is 7.17. The van der Waals surface area contributed by atoms with Crippen molar-refractivity contribution in [3.63, 3.8) is 0 Å². The molecule has 0 amide bonds. The minimum Gasteiger partial charge on any atom is -0.143 e. The lowest BCUT2D eigenvalue weighted by Crippen LogP contribution is -2.03. The van der Waals surface area contributed by atoms with Gasteiger partial charge in [0.2, 0.25) is 0 Å². The van der Waals surface area contributed by atoms with Crippen molar-refractivity contribution >= 4 is 42.8 Å². The summed E-state index contributed by atoms with van der Waals surface area (Å²) in [5.74, 6) is 1.41. The number of rotatable bonds is 10. The van der Waals surface area contributed by atoms with E-state index in [1.54, 1.807) is 31.3 Å². The summed E-state index contributed by atoms with van der Waals surface area (Å²) in [5, 5.41) is 7.80. The lowest BCUT2D eigenvalue weighted by Gasteiger charge is -2.23. The van der Waals surface area contributed by atoms with E-state index in [0.717, 1.165) is 0 Å². The summed E-state index contributed by atoms with van der Waals surface area (Å²) in [6, 6.07) is 4.83. The highest BCUT2D eigenvalue weighted by Gasteiger charge is 2.24. The molecule has 0 aliphatic rings. The van der Waals surface area contributed by atoms with E-state index in [0.29, 0.717) is 11.8 Å². The second-order valence-corrected chi connectivity index (χ2v) is 9.48. The van der Waals surface area contributed by atoms with Crippen molar-refractivity contribution in [2.45, 2.75) is 90.9 Å². The molecule has 26 heavy (non-hydrogen) atoms. The molecule has 2 aromatic heterocycles. The molecule has 142 valence electrons. The maximum Gasteiger partial charge on any atom is 0.0387 e. The molecule has 0 saturated carbocycles. The lowest BCUT2D eigenvalue weighted by molar-refractivity contribution is 0.572. The molecule has 0 aliphatic heterocycles. The third-order valence-corrected chi connectivity index (χ3v) is 7.91. The molecular formula is C24H34S2. The van der Waals surface area contributed by atoms with Gasteiger partial charge in [-0.25, -0.2) is 0 Å². The van der Waals surface area contributed by atoms with Crippen LogP contribution in [-0.4, -0.2) is 0 Å². The predicted molar refractivity (Wildman–Crippen MR) is 122 cm³/mol. The number of thiophene rings is 2. The van der Waals surface area contributed by atoms with Gasteiger partial charge in [-0.3, -0.25) is 0 Å². The van der Waals surface area contributed by atoms with Gasteiger partial charge < -0.3 is 0 Å². The minimum atomic E-state index is 0.706. The minimum absolute atomic E-state index is 0.706. The fraction of sp³-hybridized carbons (Fsp3) is 0.583. The molecule has 0 aliphatic carbocycles. The first-order valence-corrected chi connectivity index (χ1v) is 12.4. The summed E-state index contributed by atoms with van der Waals surface area (Å²) in [6.07, 6.45) is 10.4. The van der Waals surface area contributed by atoms with E-state index in [1.807, 2.05) is 22.7 Å². The standard InChI is InChI=1S/C24H34S2/c1-5-9-11-17(7-3)21-19-13-15-26-24(19)22(18(8-4)12-10-6-2)20-14-16-25-23(20)21/h13-18H,5-12H2,1-4H3. The Hall–Kier alpha value is -0.860. The Morgan fingerprint density at radius 3 is 1.46 bits per heavy atom. The van der Waals surface area contributed by atoms with Gasteiger partial charge in [-0.15, -0.1) is 22.7 Å². The molecular weight excluding hydrogens is 352 g/mol. The van der Waals surface area contributed by atoms with Crippen LogP contribution < -0.4 is 0 Å². The summed E-state index contributed by atoms with van der Waals surface area (Å²) in [5.41, 5.74) is 3.33. The van der Waals surface area contributed by atoms with E-state index in [2.05, 4.69) is 50.6 Å². The Bertz CT molecular complexity index is 707. The van der Waals surface area contributed by atoms with E-state index in [9.17, 15) is 0 Å². The monoisotopic (exact) mass is 386 g/mol. The highest BCUT2D eigenvalue weighted by atomic mass is 32.1. The van der Waals surface area contributed by atoms with Crippen LogP contribution >= 0.6 is 22.7 Å². The van der Waals surface area contributed by atoms with Crippen molar-refractivity contribution in [2.75, 3.05) is 0 Å². The van der Waals surface area contributed by atoms with Crippen molar-refractivity contribution < 1.29 is 0 Å². The zero-order valence-electron chi connectivity index (χ0n) is 16.9. The molecule has 2 heterocycles. The number of hydrogen-bond acceptors (Lipinski definition) is 2. The number of unbranched alkanes of at least 4 members (excludes halogenated alkanes) is 2. The van der Waals surface area contributed by atoms with E-state index in [1.165, 1.54) is 51.4 Å². The van der Waals surface area contributed by atoms with Crippen LogP contribution in [0.2, 0.25) is 0 Å². The molecule has 3 rings (SSSR count). The van der Waals surface area contributed by atoms with Gasteiger partial charge in [-0.1, -0.05) is 53.4 Å². The smallest absolute Gasteiger partial charge is 0.0387 e. The van der Waals surface area contributed by atoms with Crippen molar-refractivity contribution in [1.29, 1.82) is 0 Å². The van der Waals surface area contributed by atoms with Gasteiger partial charge in [-0.2, -0.15) is 0 Å². The molecule has 2 atom stereocenters. The van der Waals surface area contributed by atoms with Gasteiger partial charge in [-0.05, 0) is 82.3 Å². The molecule has 0 radical (unpaired) electrons. The Morgan fingerprint density at radius 1 is 0.692 bits per heavy atom. The maximum atomic E-state index is 2.42. The van der Waals surface area contributed by atoms with Gasteiger partial charge in [0, 0.05) is 9.40 Å². The maximum absolute atomic E-state index is 2.42. The van der Waals surface area contributed by atoms with E-state index in [-0.39, 0.29) is 0 Å². The molecule has 1 aromatic carbocycles. The summed E-state index contributed by atoms with van der Waals surface area (Å²) in [4.78, 5) is 0. The van der Waals surface area contributed by atoms with E-state index >= 15 is 0 Å². The first kappa shape index (κ1) is 19.9. The van der Waals surface area contributed by atoms with Crippen molar-refractivity contribution in [3.05, 3.63) is 34.0 Å². The normalized spacial score (nSPS) is 14.3. The number of fused-ring (bicyclic) bond motifs is 2. The zero-order valence-corrected chi connectivity index (χ0v) is 18.6. The van der Waals surface area contributed by atoms with Gasteiger partial charge in [0.15, 0.2) is 0 Å². The van der Waals surface area contributed by atoms with Crippen LogP contribution in [0.3, 0.4) is 0 Å². The topological polar surface area (TPSA) is 0 Å². The second kappa shape index (κ2) is 9.37. The number of benzene rings is 1. The van der Waals surface area contributed by atoms with E-state index in [4.69, 9.17) is 0 Å². The summed E-state index contributed by atoms with van der Waals surface area (Å²) in [6.45, 7) is 9.39. The average molecular weight is 387 g/mol. The largest absolute Gasteiger partial charge is 0.143 e. The molecule has 0 nitrogen and oxygen atoms in total.